The SMILES string of the molecule is O=S(=O)([O-])C(F)(F)F.O=c1ccc2c([S+](c3ccccc3)c3ccccc3)cccc2o1. The lowest BCUT2D eigenvalue weighted by atomic mass is 10.2. The van der Waals surface area contributed by atoms with Gasteiger partial charge >= 0.3 is 11.1 Å². The van der Waals surface area contributed by atoms with Gasteiger partial charge in [0.25, 0.3) is 0 Å². The zero-order valence-electron chi connectivity index (χ0n) is 16.2. The summed E-state index contributed by atoms with van der Waals surface area (Å²) in [7, 11) is -6.35. The third kappa shape index (κ3) is 5.58. The Bertz CT molecular complexity index is 1310. The molecule has 10 heteroatoms. The summed E-state index contributed by atoms with van der Waals surface area (Å²) in [4.78, 5) is 15.2. The summed E-state index contributed by atoms with van der Waals surface area (Å²) in [5.41, 5.74) is -5.34. The second-order valence-electron chi connectivity index (χ2n) is 6.25. The van der Waals surface area contributed by atoms with E-state index < -0.39 is 15.6 Å². The van der Waals surface area contributed by atoms with Crippen molar-refractivity contribution in [1.29, 1.82) is 0 Å². The molecular weight excluding hydrogens is 465 g/mol. The molecule has 4 rings (SSSR count). The van der Waals surface area contributed by atoms with E-state index in [1.54, 1.807) is 0 Å². The molecule has 4 aromatic rings. The number of alkyl halides is 3. The molecule has 0 saturated carbocycles. The summed E-state index contributed by atoms with van der Waals surface area (Å²) in [6.45, 7) is 0. The van der Waals surface area contributed by atoms with Gasteiger partial charge in [-0.1, -0.05) is 42.5 Å². The van der Waals surface area contributed by atoms with E-state index in [0.29, 0.717) is 5.58 Å². The Hall–Kier alpha value is -3.08. The Morgan fingerprint density at radius 3 is 1.72 bits per heavy atom. The maximum absolute atomic E-state index is 11.5. The number of fused-ring (bicyclic) bond motifs is 1. The molecule has 32 heavy (non-hydrogen) atoms. The number of rotatable bonds is 3. The molecule has 0 aliphatic carbocycles. The number of hydrogen-bond donors (Lipinski definition) is 0. The largest absolute Gasteiger partial charge is 0.741 e. The predicted octanol–water partition coefficient (Wildman–Crippen LogP) is 4.94. The van der Waals surface area contributed by atoms with Crippen LogP contribution in [0.25, 0.3) is 11.0 Å². The van der Waals surface area contributed by atoms with Crippen LogP contribution in [0.1, 0.15) is 0 Å². The Morgan fingerprint density at radius 1 is 0.750 bits per heavy atom. The fourth-order valence-electron chi connectivity index (χ4n) is 2.75. The van der Waals surface area contributed by atoms with Crippen LogP contribution in [0.3, 0.4) is 0 Å². The molecule has 0 spiro atoms. The maximum atomic E-state index is 11.5. The molecule has 166 valence electrons. The second-order valence-corrected chi connectivity index (χ2v) is 9.62. The van der Waals surface area contributed by atoms with Crippen molar-refractivity contribution in [3.05, 3.63) is 101 Å². The van der Waals surface area contributed by atoms with Gasteiger partial charge in [0.05, 0.1) is 5.39 Å². The van der Waals surface area contributed by atoms with Gasteiger partial charge in [-0.15, -0.1) is 0 Å². The van der Waals surface area contributed by atoms with Crippen molar-refractivity contribution >= 4 is 32.0 Å². The Balaban J connectivity index is 0.000000312. The Morgan fingerprint density at radius 2 is 1.25 bits per heavy atom. The zero-order chi connectivity index (χ0) is 23.4. The van der Waals surface area contributed by atoms with E-state index in [1.165, 1.54) is 15.9 Å². The molecule has 0 atom stereocenters. The Labute approximate surface area is 184 Å². The summed E-state index contributed by atoms with van der Waals surface area (Å²) in [6, 6.07) is 30.1. The number of benzene rings is 3. The molecule has 0 amide bonds. The molecule has 0 saturated heterocycles. The minimum atomic E-state index is -6.09. The van der Waals surface area contributed by atoms with E-state index in [1.807, 2.05) is 30.3 Å². The molecule has 0 N–H and O–H groups in total. The highest BCUT2D eigenvalue weighted by atomic mass is 32.2. The fourth-order valence-corrected chi connectivity index (χ4v) is 4.99. The minimum absolute atomic E-state index is 0.258. The standard InChI is InChI=1S/C21H15O2S.CHF3O3S/c22-21-15-14-18-19(23-21)12-7-13-20(18)24(16-8-3-1-4-9-16)17-10-5-2-6-11-17;2-1(3,4)8(5,6)7/h1-15H;(H,5,6,7)/q+1;/p-1. The van der Waals surface area contributed by atoms with Gasteiger partial charge in [0.15, 0.2) is 24.8 Å². The molecule has 0 aliphatic rings. The van der Waals surface area contributed by atoms with Gasteiger partial charge in [-0.25, -0.2) is 13.2 Å². The smallest absolute Gasteiger partial charge is 0.485 e. The van der Waals surface area contributed by atoms with Crippen LogP contribution in [0.15, 0.2) is 115 Å². The summed E-state index contributed by atoms with van der Waals surface area (Å²) in [5, 5.41) is 0.980. The van der Waals surface area contributed by atoms with E-state index >= 15 is 0 Å². The first-order valence-corrected chi connectivity index (χ1v) is 11.6. The van der Waals surface area contributed by atoms with Crippen LogP contribution in [0.5, 0.6) is 0 Å². The number of halogens is 3. The molecule has 3 aromatic carbocycles. The van der Waals surface area contributed by atoms with Crippen molar-refractivity contribution < 1.29 is 30.6 Å². The lowest BCUT2D eigenvalue weighted by Crippen LogP contribution is -2.21. The molecule has 1 aromatic heterocycles. The number of hydrogen-bond acceptors (Lipinski definition) is 5. The van der Waals surface area contributed by atoms with E-state index in [0.717, 1.165) is 10.3 Å². The van der Waals surface area contributed by atoms with Crippen molar-refractivity contribution in [3.63, 3.8) is 0 Å². The van der Waals surface area contributed by atoms with Crippen molar-refractivity contribution in [1.82, 2.24) is 0 Å². The van der Waals surface area contributed by atoms with Gasteiger partial charge < -0.3 is 8.97 Å². The van der Waals surface area contributed by atoms with Crippen LogP contribution >= 0.6 is 0 Å². The molecule has 0 fully saturated rings. The van der Waals surface area contributed by atoms with E-state index in [-0.39, 0.29) is 16.5 Å². The molecule has 1 heterocycles. The van der Waals surface area contributed by atoms with Crippen molar-refractivity contribution in [3.8, 4) is 0 Å². The molecule has 5 nitrogen and oxygen atoms in total. The summed E-state index contributed by atoms with van der Waals surface area (Å²) < 4.78 is 64.3. The van der Waals surface area contributed by atoms with E-state index in [2.05, 4.69) is 54.6 Å². The average Bonchev–Trinajstić information content (AvgIpc) is 2.74. The quantitative estimate of drug-likeness (QED) is 0.179. The second kappa shape index (κ2) is 9.60. The van der Waals surface area contributed by atoms with Crippen LogP contribution in [0, 0.1) is 0 Å². The van der Waals surface area contributed by atoms with Crippen LogP contribution in [-0.4, -0.2) is 18.5 Å². The van der Waals surface area contributed by atoms with Crippen LogP contribution in [0.4, 0.5) is 13.2 Å². The van der Waals surface area contributed by atoms with Gasteiger partial charge in [-0.3, -0.25) is 0 Å². The third-order valence-corrected chi connectivity index (χ3v) is 6.93. The summed E-state index contributed by atoms with van der Waals surface area (Å²) >= 11 is 0. The van der Waals surface area contributed by atoms with Crippen LogP contribution < -0.4 is 5.63 Å². The predicted molar refractivity (Wildman–Crippen MR) is 113 cm³/mol. The molecule has 0 aliphatic heterocycles. The molecule has 0 radical (unpaired) electrons. The highest BCUT2D eigenvalue weighted by molar-refractivity contribution is 7.97. The van der Waals surface area contributed by atoms with Gasteiger partial charge in [0.1, 0.15) is 16.5 Å². The van der Waals surface area contributed by atoms with Gasteiger partial charge in [0.2, 0.25) is 0 Å². The summed E-state index contributed by atoms with van der Waals surface area (Å²) in [6.07, 6.45) is 0. The average molecular weight is 480 g/mol. The van der Waals surface area contributed by atoms with Crippen molar-refractivity contribution in [2.45, 2.75) is 20.2 Å². The minimum Gasteiger partial charge on any atom is -0.741 e. The molecular formula is C22H15F3O5S2. The van der Waals surface area contributed by atoms with Gasteiger partial charge in [-0.2, -0.15) is 13.2 Å². The molecule has 0 bridgehead atoms. The first-order valence-electron chi connectivity index (χ1n) is 8.97. The van der Waals surface area contributed by atoms with E-state index in [9.17, 15) is 18.0 Å². The third-order valence-electron chi connectivity index (χ3n) is 4.08. The monoisotopic (exact) mass is 480 g/mol. The lowest BCUT2D eigenvalue weighted by molar-refractivity contribution is -0.0517. The Kier molecular flexibility index (Phi) is 7.07. The molecule has 0 unspecified atom stereocenters. The zero-order valence-corrected chi connectivity index (χ0v) is 17.8. The van der Waals surface area contributed by atoms with E-state index in [4.69, 9.17) is 17.4 Å². The van der Waals surface area contributed by atoms with Crippen LogP contribution in [-0.2, 0) is 21.0 Å². The van der Waals surface area contributed by atoms with Crippen molar-refractivity contribution in [2.24, 2.45) is 0 Å². The van der Waals surface area contributed by atoms with Crippen molar-refractivity contribution in [2.75, 3.05) is 0 Å². The lowest BCUT2D eigenvalue weighted by Gasteiger charge is -2.09. The van der Waals surface area contributed by atoms with Gasteiger partial charge in [-0.05, 0) is 42.5 Å². The van der Waals surface area contributed by atoms with Gasteiger partial charge in [0, 0.05) is 6.07 Å². The first-order chi connectivity index (χ1) is 15.1. The summed E-state index contributed by atoms with van der Waals surface area (Å²) in [5.74, 6) is 0. The van der Waals surface area contributed by atoms with Crippen LogP contribution in [0.2, 0.25) is 0 Å². The highest BCUT2D eigenvalue weighted by Gasteiger charge is 2.37. The highest BCUT2D eigenvalue weighted by Crippen LogP contribution is 2.34. The fraction of sp³-hybridized carbons (Fsp3) is 0.0455. The maximum Gasteiger partial charge on any atom is 0.485 e. The topological polar surface area (TPSA) is 87.4 Å². The first kappa shape index (κ1) is 23.6. The normalized spacial score (nSPS) is 11.8.